The Balaban J connectivity index is 1.94. The van der Waals surface area contributed by atoms with E-state index >= 15 is 0 Å². The molecule has 2 aliphatic rings. The van der Waals surface area contributed by atoms with Crippen molar-refractivity contribution in [1.29, 1.82) is 0 Å². The maximum Gasteiger partial charge on any atom is 0.326 e. The number of carbonyl (C=O) groups is 1. The van der Waals surface area contributed by atoms with Crippen LogP contribution in [0.25, 0.3) is 0 Å². The average Bonchev–Trinajstić information content (AvgIpc) is 3.12. The van der Waals surface area contributed by atoms with E-state index in [-0.39, 0.29) is 11.5 Å². The van der Waals surface area contributed by atoms with Gasteiger partial charge >= 0.3 is 5.97 Å². The topological polar surface area (TPSA) is 38.3 Å². The lowest BCUT2D eigenvalue weighted by Gasteiger charge is -2.35. The van der Waals surface area contributed by atoms with Crippen LogP contribution >= 0.6 is 0 Å². The van der Waals surface area contributed by atoms with E-state index < -0.39 is 0 Å². The van der Waals surface area contributed by atoms with Crippen LogP contribution in [-0.4, -0.2) is 24.7 Å². The van der Waals surface area contributed by atoms with Gasteiger partial charge in [-0.2, -0.15) is 0 Å². The van der Waals surface area contributed by atoms with Crippen LogP contribution in [0.2, 0.25) is 0 Å². The third kappa shape index (κ3) is 2.76. The number of hydrogen-bond donors (Lipinski definition) is 1. The molecule has 2 aliphatic carbocycles. The van der Waals surface area contributed by atoms with Crippen LogP contribution in [0.5, 0.6) is 0 Å². The highest BCUT2D eigenvalue weighted by molar-refractivity contribution is 5.81. The second-order valence-corrected chi connectivity index (χ2v) is 5.19. The molecule has 0 spiro atoms. The molecule has 92 valence electrons. The molecule has 0 aliphatic heterocycles. The van der Waals surface area contributed by atoms with E-state index in [9.17, 15) is 4.79 Å². The van der Waals surface area contributed by atoms with Crippen molar-refractivity contribution in [1.82, 2.24) is 5.32 Å². The molecule has 0 aromatic carbocycles. The quantitative estimate of drug-likeness (QED) is 0.729. The zero-order valence-electron chi connectivity index (χ0n) is 10.3. The highest BCUT2D eigenvalue weighted by Gasteiger charge is 2.41. The fourth-order valence-corrected chi connectivity index (χ4v) is 2.54. The summed E-state index contributed by atoms with van der Waals surface area (Å²) >= 11 is 0. The summed E-state index contributed by atoms with van der Waals surface area (Å²) in [5.41, 5.74) is -0.350. The van der Waals surface area contributed by atoms with Crippen LogP contribution in [0, 0.1) is 5.92 Å². The Morgan fingerprint density at radius 3 is 2.56 bits per heavy atom. The minimum absolute atomic E-state index is 0.0182. The Labute approximate surface area is 97.9 Å². The summed E-state index contributed by atoms with van der Waals surface area (Å²) in [4.78, 5) is 12.1. The molecule has 0 amide bonds. The number of hydrogen-bond acceptors (Lipinski definition) is 3. The molecule has 0 bridgehead atoms. The smallest absolute Gasteiger partial charge is 0.326 e. The van der Waals surface area contributed by atoms with E-state index in [1.54, 1.807) is 0 Å². The van der Waals surface area contributed by atoms with Gasteiger partial charge < -0.3 is 10.1 Å². The molecule has 2 fully saturated rings. The molecule has 0 aromatic rings. The van der Waals surface area contributed by atoms with Crippen molar-refractivity contribution < 1.29 is 9.53 Å². The van der Waals surface area contributed by atoms with E-state index in [1.807, 2.05) is 6.92 Å². The van der Waals surface area contributed by atoms with Crippen molar-refractivity contribution in [2.45, 2.75) is 57.4 Å². The van der Waals surface area contributed by atoms with E-state index in [4.69, 9.17) is 4.74 Å². The fraction of sp³-hybridized carbons (Fsp3) is 0.923. The number of esters is 1. The molecule has 2 saturated carbocycles. The third-order valence-electron chi connectivity index (χ3n) is 3.80. The summed E-state index contributed by atoms with van der Waals surface area (Å²) in [7, 11) is 0. The Kier molecular flexibility index (Phi) is 3.85. The SMILES string of the molecule is CCOC(=O)C1(NCC2CC2)CCCCC1. The van der Waals surface area contributed by atoms with Crippen molar-refractivity contribution in [2.75, 3.05) is 13.2 Å². The van der Waals surface area contributed by atoms with Gasteiger partial charge in [0.1, 0.15) is 5.54 Å². The van der Waals surface area contributed by atoms with Crippen molar-refractivity contribution in [3.05, 3.63) is 0 Å². The first-order valence-corrected chi connectivity index (χ1v) is 6.69. The second-order valence-electron chi connectivity index (χ2n) is 5.19. The molecule has 16 heavy (non-hydrogen) atoms. The van der Waals surface area contributed by atoms with Crippen LogP contribution in [0.1, 0.15) is 51.9 Å². The summed E-state index contributed by atoms with van der Waals surface area (Å²) in [5, 5.41) is 3.51. The third-order valence-corrected chi connectivity index (χ3v) is 3.80. The van der Waals surface area contributed by atoms with Gasteiger partial charge in [0.15, 0.2) is 0 Å². The molecular weight excluding hydrogens is 202 g/mol. The fourth-order valence-electron chi connectivity index (χ4n) is 2.54. The van der Waals surface area contributed by atoms with Gasteiger partial charge in [-0.25, -0.2) is 0 Å². The maximum absolute atomic E-state index is 12.1. The lowest BCUT2D eigenvalue weighted by molar-refractivity contribution is -0.152. The number of rotatable bonds is 5. The molecule has 0 unspecified atom stereocenters. The van der Waals surface area contributed by atoms with Gasteiger partial charge in [-0.3, -0.25) is 4.79 Å². The second kappa shape index (κ2) is 5.17. The average molecular weight is 225 g/mol. The highest BCUT2D eigenvalue weighted by Crippen LogP contribution is 2.33. The first kappa shape index (κ1) is 11.9. The van der Waals surface area contributed by atoms with Crippen molar-refractivity contribution >= 4 is 5.97 Å². The normalized spacial score (nSPS) is 24.1. The van der Waals surface area contributed by atoms with Gasteiger partial charge in [-0.05, 0) is 45.1 Å². The van der Waals surface area contributed by atoms with Gasteiger partial charge in [0.25, 0.3) is 0 Å². The molecule has 3 heteroatoms. The Bertz CT molecular complexity index is 242. The molecule has 0 saturated heterocycles. The van der Waals surface area contributed by atoms with E-state index in [2.05, 4.69) is 5.32 Å². The zero-order chi connectivity index (χ0) is 11.4. The first-order chi connectivity index (χ1) is 7.77. The largest absolute Gasteiger partial charge is 0.465 e. The number of carbonyl (C=O) groups excluding carboxylic acids is 1. The van der Waals surface area contributed by atoms with Gasteiger partial charge in [0.05, 0.1) is 6.61 Å². The molecule has 0 radical (unpaired) electrons. The molecule has 1 N–H and O–H groups in total. The lowest BCUT2D eigenvalue weighted by atomic mass is 9.81. The molecule has 2 rings (SSSR count). The minimum Gasteiger partial charge on any atom is -0.465 e. The summed E-state index contributed by atoms with van der Waals surface area (Å²) in [6.07, 6.45) is 8.12. The molecule has 0 aromatic heterocycles. The predicted octanol–water partition coefficient (Wildman–Crippen LogP) is 2.25. The summed E-state index contributed by atoms with van der Waals surface area (Å²) in [5.74, 6) is 0.795. The van der Waals surface area contributed by atoms with Gasteiger partial charge in [-0.15, -0.1) is 0 Å². The van der Waals surface area contributed by atoms with Gasteiger partial charge in [0.2, 0.25) is 0 Å². The van der Waals surface area contributed by atoms with Crippen LogP contribution in [0.15, 0.2) is 0 Å². The van der Waals surface area contributed by atoms with E-state index in [1.165, 1.54) is 19.3 Å². The Morgan fingerprint density at radius 1 is 1.31 bits per heavy atom. The van der Waals surface area contributed by atoms with Crippen LogP contribution < -0.4 is 5.32 Å². The molecule has 0 atom stereocenters. The summed E-state index contributed by atoms with van der Waals surface area (Å²) in [6, 6.07) is 0. The van der Waals surface area contributed by atoms with Crippen molar-refractivity contribution in [3.63, 3.8) is 0 Å². The first-order valence-electron chi connectivity index (χ1n) is 6.69. The number of ether oxygens (including phenoxy) is 1. The van der Waals surface area contributed by atoms with Crippen molar-refractivity contribution in [2.24, 2.45) is 5.92 Å². The van der Waals surface area contributed by atoms with Gasteiger partial charge in [0, 0.05) is 0 Å². The van der Waals surface area contributed by atoms with Crippen LogP contribution in [-0.2, 0) is 9.53 Å². The van der Waals surface area contributed by atoms with Crippen molar-refractivity contribution in [3.8, 4) is 0 Å². The number of nitrogens with one attached hydrogen (secondary N) is 1. The zero-order valence-corrected chi connectivity index (χ0v) is 10.3. The molecule has 0 heterocycles. The highest BCUT2D eigenvalue weighted by atomic mass is 16.5. The van der Waals surface area contributed by atoms with Crippen LogP contribution in [0.3, 0.4) is 0 Å². The Hall–Kier alpha value is -0.570. The maximum atomic E-state index is 12.1. The Morgan fingerprint density at radius 2 is 2.00 bits per heavy atom. The standard InChI is InChI=1S/C13H23NO2/c1-2-16-12(15)13(8-4-3-5-9-13)14-10-11-6-7-11/h11,14H,2-10H2,1H3. The van der Waals surface area contributed by atoms with Gasteiger partial charge in [-0.1, -0.05) is 19.3 Å². The lowest BCUT2D eigenvalue weighted by Crippen LogP contribution is -2.54. The monoisotopic (exact) mass is 225 g/mol. The van der Waals surface area contributed by atoms with E-state index in [0.29, 0.717) is 6.61 Å². The summed E-state index contributed by atoms with van der Waals surface area (Å²) in [6.45, 7) is 3.37. The minimum atomic E-state index is -0.350. The van der Waals surface area contributed by atoms with E-state index in [0.717, 1.165) is 38.1 Å². The van der Waals surface area contributed by atoms with Crippen LogP contribution in [0.4, 0.5) is 0 Å². The molecular formula is C13H23NO2. The predicted molar refractivity (Wildman–Crippen MR) is 63.2 cm³/mol. The molecule has 3 nitrogen and oxygen atoms in total. The summed E-state index contributed by atoms with van der Waals surface area (Å²) < 4.78 is 5.24.